The van der Waals surface area contributed by atoms with Crippen molar-refractivity contribution in [2.24, 2.45) is 0 Å². The Bertz CT molecular complexity index is 717. The van der Waals surface area contributed by atoms with Gasteiger partial charge in [0.1, 0.15) is 16.8 Å². The van der Waals surface area contributed by atoms with E-state index >= 15 is 0 Å². The first-order valence-electron chi connectivity index (χ1n) is 5.73. The number of nitrogens with zero attached hydrogens (tertiary/aromatic N) is 3. The molecule has 0 radical (unpaired) electrons. The zero-order valence-electron chi connectivity index (χ0n) is 10.4. The summed E-state index contributed by atoms with van der Waals surface area (Å²) in [6, 6.07) is 3.68. The molecule has 0 saturated carbocycles. The zero-order chi connectivity index (χ0) is 13.4. The van der Waals surface area contributed by atoms with Crippen LogP contribution in [0.4, 0.5) is 5.69 Å². The first-order valence-corrected chi connectivity index (χ1v) is 6.84. The van der Waals surface area contributed by atoms with E-state index < -0.39 is 0 Å². The van der Waals surface area contributed by atoms with Gasteiger partial charge in [0.2, 0.25) is 0 Å². The highest BCUT2D eigenvalue weighted by atomic mass is 35.5. The van der Waals surface area contributed by atoms with Crippen LogP contribution in [0.15, 0.2) is 16.7 Å². The SMILES string of the molecule is Cc1noc(C)c1CNc1c(Cl)ccc2nsnc12. The molecule has 7 heteroatoms. The molecule has 19 heavy (non-hydrogen) atoms. The number of halogens is 1. The lowest BCUT2D eigenvalue weighted by atomic mass is 10.2. The summed E-state index contributed by atoms with van der Waals surface area (Å²) in [5.41, 5.74) is 4.36. The minimum atomic E-state index is 0.595. The molecule has 98 valence electrons. The average molecular weight is 295 g/mol. The maximum Gasteiger partial charge on any atom is 0.138 e. The topological polar surface area (TPSA) is 63.8 Å². The van der Waals surface area contributed by atoms with Crippen molar-refractivity contribution >= 4 is 40.0 Å². The zero-order valence-corrected chi connectivity index (χ0v) is 12.0. The second-order valence-corrected chi connectivity index (χ2v) is 5.15. The van der Waals surface area contributed by atoms with Crippen LogP contribution < -0.4 is 5.32 Å². The summed E-state index contributed by atoms with van der Waals surface area (Å²) < 4.78 is 13.6. The fourth-order valence-corrected chi connectivity index (χ4v) is 2.69. The molecule has 0 amide bonds. The van der Waals surface area contributed by atoms with E-state index in [-0.39, 0.29) is 0 Å². The maximum absolute atomic E-state index is 6.22. The van der Waals surface area contributed by atoms with E-state index in [2.05, 4.69) is 19.2 Å². The number of hydrogen-bond donors (Lipinski definition) is 1. The van der Waals surface area contributed by atoms with Crippen LogP contribution in [-0.4, -0.2) is 13.9 Å². The van der Waals surface area contributed by atoms with Crippen molar-refractivity contribution in [2.75, 3.05) is 5.32 Å². The normalized spacial score (nSPS) is 11.1. The van der Waals surface area contributed by atoms with Crippen LogP contribution in [-0.2, 0) is 6.54 Å². The highest BCUT2D eigenvalue weighted by Gasteiger charge is 2.13. The lowest BCUT2D eigenvalue weighted by molar-refractivity contribution is 0.392. The fraction of sp³-hybridized carbons (Fsp3) is 0.250. The van der Waals surface area contributed by atoms with E-state index in [0.29, 0.717) is 11.6 Å². The third-order valence-electron chi connectivity index (χ3n) is 3.00. The van der Waals surface area contributed by atoms with Crippen molar-refractivity contribution in [2.45, 2.75) is 20.4 Å². The summed E-state index contributed by atoms with van der Waals surface area (Å²) >= 11 is 7.39. The number of anilines is 1. The number of fused-ring (bicyclic) bond motifs is 1. The smallest absolute Gasteiger partial charge is 0.138 e. The van der Waals surface area contributed by atoms with Crippen LogP contribution in [0.5, 0.6) is 0 Å². The highest BCUT2D eigenvalue weighted by Crippen LogP contribution is 2.30. The molecular formula is C12H11ClN4OS. The molecule has 0 unspecified atom stereocenters. The maximum atomic E-state index is 6.22. The largest absolute Gasteiger partial charge is 0.378 e. The van der Waals surface area contributed by atoms with Crippen molar-refractivity contribution in [3.05, 3.63) is 34.2 Å². The summed E-state index contributed by atoms with van der Waals surface area (Å²) in [6.45, 7) is 4.40. The molecule has 0 fully saturated rings. The molecule has 0 aliphatic carbocycles. The lowest BCUT2D eigenvalue weighted by Crippen LogP contribution is -2.02. The third-order valence-corrected chi connectivity index (χ3v) is 3.86. The molecule has 0 atom stereocenters. The molecule has 2 heterocycles. The van der Waals surface area contributed by atoms with Gasteiger partial charge >= 0.3 is 0 Å². The number of benzene rings is 1. The van der Waals surface area contributed by atoms with Gasteiger partial charge in [-0.05, 0) is 26.0 Å². The molecule has 0 spiro atoms. The van der Waals surface area contributed by atoms with Gasteiger partial charge in [-0.25, -0.2) is 0 Å². The molecule has 1 N–H and O–H groups in total. The predicted molar refractivity (Wildman–Crippen MR) is 75.7 cm³/mol. The fourth-order valence-electron chi connectivity index (χ4n) is 1.93. The molecule has 3 rings (SSSR count). The minimum absolute atomic E-state index is 0.595. The van der Waals surface area contributed by atoms with Crippen LogP contribution in [0.1, 0.15) is 17.0 Å². The summed E-state index contributed by atoms with van der Waals surface area (Å²) in [7, 11) is 0. The molecular weight excluding hydrogens is 284 g/mol. The van der Waals surface area contributed by atoms with Crippen LogP contribution in [0.3, 0.4) is 0 Å². The number of aromatic nitrogens is 3. The summed E-state index contributed by atoms with van der Waals surface area (Å²) in [6.07, 6.45) is 0. The Hall–Kier alpha value is -1.66. The molecule has 0 saturated heterocycles. The molecule has 5 nitrogen and oxygen atoms in total. The number of hydrogen-bond acceptors (Lipinski definition) is 6. The van der Waals surface area contributed by atoms with Crippen molar-refractivity contribution < 1.29 is 4.52 Å². The highest BCUT2D eigenvalue weighted by molar-refractivity contribution is 7.00. The van der Waals surface area contributed by atoms with E-state index in [0.717, 1.165) is 33.7 Å². The van der Waals surface area contributed by atoms with Gasteiger partial charge in [0.05, 0.1) is 28.1 Å². The van der Waals surface area contributed by atoms with E-state index in [1.165, 1.54) is 11.7 Å². The Kier molecular flexibility index (Phi) is 3.12. The van der Waals surface area contributed by atoms with Gasteiger partial charge in [0, 0.05) is 12.1 Å². The van der Waals surface area contributed by atoms with Crippen molar-refractivity contribution in [1.29, 1.82) is 0 Å². The first kappa shape index (κ1) is 12.4. The average Bonchev–Trinajstić information content (AvgIpc) is 2.97. The number of aryl methyl sites for hydroxylation is 2. The second-order valence-electron chi connectivity index (χ2n) is 4.21. The van der Waals surface area contributed by atoms with E-state index in [1.807, 2.05) is 26.0 Å². The monoisotopic (exact) mass is 294 g/mol. The summed E-state index contributed by atoms with van der Waals surface area (Å²) in [5.74, 6) is 0.810. The number of rotatable bonds is 3. The number of nitrogens with one attached hydrogen (secondary N) is 1. The van der Waals surface area contributed by atoms with Gasteiger partial charge in [-0.15, -0.1) is 0 Å². The van der Waals surface area contributed by atoms with Gasteiger partial charge < -0.3 is 9.84 Å². The molecule has 1 aromatic carbocycles. The Balaban J connectivity index is 1.93. The minimum Gasteiger partial charge on any atom is -0.378 e. The van der Waals surface area contributed by atoms with E-state index in [4.69, 9.17) is 16.1 Å². The van der Waals surface area contributed by atoms with E-state index in [1.54, 1.807) is 0 Å². The second kappa shape index (κ2) is 4.79. The summed E-state index contributed by atoms with van der Waals surface area (Å²) in [4.78, 5) is 0. The van der Waals surface area contributed by atoms with Gasteiger partial charge in [-0.1, -0.05) is 16.8 Å². The van der Waals surface area contributed by atoms with Crippen LogP contribution in [0.2, 0.25) is 5.02 Å². The van der Waals surface area contributed by atoms with Crippen molar-refractivity contribution in [3.8, 4) is 0 Å². The Morgan fingerprint density at radius 2 is 2.16 bits per heavy atom. The molecule has 0 aliphatic rings. The van der Waals surface area contributed by atoms with Crippen molar-refractivity contribution in [1.82, 2.24) is 13.9 Å². The van der Waals surface area contributed by atoms with Gasteiger partial charge in [0.25, 0.3) is 0 Å². The standard InChI is InChI=1S/C12H11ClN4OS/c1-6-8(7(2)18-15-6)5-14-11-9(13)3-4-10-12(11)17-19-16-10/h3-4,14H,5H2,1-2H3. The molecule has 2 aromatic heterocycles. The van der Waals surface area contributed by atoms with Gasteiger partial charge in [-0.3, -0.25) is 0 Å². The van der Waals surface area contributed by atoms with Crippen LogP contribution in [0.25, 0.3) is 11.0 Å². The Morgan fingerprint density at radius 3 is 2.89 bits per heavy atom. The van der Waals surface area contributed by atoms with Gasteiger partial charge in [-0.2, -0.15) is 8.75 Å². The third kappa shape index (κ3) is 2.17. The van der Waals surface area contributed by atoms with Crippen molar-refractivity contribution in [3.63, 3.8) is 0 Å². The Morgan fingerprint density at radius 1 is 1.32 bits per heavy atom. The lowest BCUT2D eigenvalue weighted by Gasteiger charge is -2.08. The van der Waals surface area contributed by atoms with Gasteiger partial charge in [0.15, 0.2) is 0 Å². The van der Waals surface area contributed by atoms with Crippen LogP contribution in [0, 0.1) is 13.8 Å². The molecule has 3 aromatic rings. The first-order chi connectivity index (χ1) is 9.16. The van der Waals surface area contributed by atoms with E-state index in [9.17, 15) is 0 Å². The van der Waals surface area contributed by atoms with Crippen LogP contribution >= 0.6 is 23.3 Å². The molecule has 0 bridgehead atoms. The summed E-state index contributed by atoms with van der Waals surface area (Å²) in [5, 5.41) is 7.86. The molecule has 0 aliphatic heterocycles. The Labute approximate surface area is 118 Å². The quantitative estimate of drug-likeness (QED) is 0.800. The predicted octanol–water partition coefficient (Wildman–Crippen LogP) is 3.56.